The van der Waals surface area contributed by atoms with Crippen LogP contribution >= 0.6 is 11.6 Å². The quantitative estimate of drug-likeness (QED) is 0.568. The van der Waals surface area contributed by atoms with Crippen LogP contribution in [0.1, 0.15) is 17.3 Å². The molecule has 4 rings (SSSR count). The van der Waals surface area contributed by atoms with Crippen LogP contribution < -0.4 is 5.56 Å². The SMILES string of the molecule is Cc1[nH]ncc1-c1ccc2c(=O)n(C(CO)c3cccc(Cl)c3)cnc2c1. The molecule has 0 fully saturated rings. The lowest BCUT2D eigenvalue weighted by atomic mass is 10.0. The van der Waals surface area contributed by atoms with Gasteiger partial charge in [0.25, 0.3) is 5.56 Å². The molecule has 1 atom stereocenters. The summed E-state index contributed by atoms with van der Waals surface area (Å²) in [5, 5.41) is 17.9. The number of aliphatic hydroxyl groups is 1. The lowest BCUT2D eigenvalue weighted by molar-refractivity contribution is 0.246. The molecule has 2 heterocycles. The minimum atomic E-state index is -0.552. The van der Waals surface area contributed by atoms with Crippen LogP contribution in [0.25, 0.3) is 22.0 Å². The molecule has 4 aromatic rings. The fourth-order valence-electron chi connectivity index (χ4n) is 3.23. The standard InChI is InChI=1S/C20H17ClN4O2/c1-12-17(9-23-24-12)13-5-6-16-18(8-13)22-11-25(20(16)27)19(10-26)14-3-2-4-15(21)7-14/h2-9,11,19,26H,10H2,1H3,(H,23,24). The van der Waals surface area contributed by atoms with E-state index in [9.17, 15) is 9.90 Å². The largest absolute Gasteiger partial charge is 0.394 e. The highest BCUT2D eigenvalue weighted by Crippen LogP contribution is 2.25. The highest BCUT2D eigenvalue weighted by Gasteiger charge is 2.17. The number of halogens is 1. The van der Waals surface area contributed by atoms with Gasteiger partial charge in [0.05, 0.1) is 36.1 Å². The van der Waals surface area contributed by atoms with Gasteiger partial charge in [-0.2, -0.15) is 5.10 Å². The predicted octanol–water partition coefficient (Wildman–Crippen LogP) is 3.33. The summed E-state index contributed by atoms with van der Waals surface area (Å²) in [5.41, 5.74) is 3.98. The minimum absolute atomic E-state index is 0.213. The zero-order valence-electron chi connectivity index (χ0n) is 14.6. The van der Waals surface area contributed by atoms with Gasteiger partial charge in [0.2, 0.25) is 0 Å². The molecule has 0 saturated heterocycles. The zero-order chi connectivity index (χ0) is 19.0. The Hall–Kier alpha value is -2.96. The Morgan fingerprint density at radius 1 is 1.26 bits per heavy atom. The van der Waals surface area contributed by atoms with Crippen molar-refractivity contribution in [1.82, 2.24) is 19.7 Å². The molecule has 0 aliphatic carbocycles. The lowest BCUT2D eigenvalue weighted by Gasteiger charge is -2.18. The fraction of sp³-hybridized carbons (Fsp3) is 0.150. The number of hydrogen-bond donors (Lipinski definition) is 2. The molecule has 0 aliphatic rings. The van der Waals surface area contributed by atoms with Crippen LogP contribution in [0, 0.1) is 6.92 Å². The highest BCUT2D eigenvalue weighted by molar-refractivity contribution is 6.30. The van der Waals surface area contributed by atoms with Crippen molar-refractivity contribution < 1.29 is 5.11 Å². The Morgan fingerprint density at radius 3 is 2.81 bits per heavy atom. The molecule has 2 aromatic heterocycles. The number of H-pyrrole nitrogens is 1. The van der Waals surface area contributed by atoms with Crippen LogP contribution in [0.5, 0.6) is 0 Å². The third-order valence-electron chi connectivity index (χ3n) is 4.67. The van der Waals surface area contributed by atoms with Gasteiger partial charge in [-0.3, -0.25) is 14.5 Å². The molecule has 0 radical (unpaired) electrons. The first kappa shape index (κ1) is 17.5. The Morgan fingerprint density at radius 2 is 2.11 bits per heavy atom. The monoisotopic (exact) mass is 380 g/mol. The Kier molecular flexibility index (Phi) is 4.51. The van der Waals surface area contributed by atoms with E-state index < -0.39 is 6.04 Å². The summed E-state index contributed by atoms with van der Waals surface area (Å²) in [6.07, 6.45) is 3.22. The molecule has 0 aliphatic heterocycles. The summed E-state index contributed by atoms with van der Waals surface area (Å²) >= 11 is 6.05. The average Bonchev–Trinajstić information content (AvgIpc) is 3.10. The smallest absolute Gasteiger partial charge is 0.261 e. The van der Waals surface area contributed by atoms with Crippen LogP contribution in [0.15, 0.2) is 59.8 Å². The summed E-state index contributed by atoms with van der Waals surface area (Å²) in [6, 6.07) is 12.1. The van der Waals surface area contributed by atoms with Crippen LogP contribution in [0.4, 0.5) is 0 Å². The number of rotatable bonds is 4. The topological polar surface area (TPSA) is 83.8 Å². The maximum Gasteiger partial charge on any atom is 0.261 e. The number of nitrogens with zero attached hydrogens (tertiary/aromatic N) is 3. The van der Waals surface area contributed by atoms with Crippen molar-refractivity contribution in [2.24, 2.45) is 0 Å². The Bertz CT molecular complexity index is 1180. The van der Waals surface area contributed by atoms with Crippen molar-refractivity contribution in [2.45, 2.75) is 13.0 Å². The first-order valence-corrected chi connectivity index (χ1v) is 8.84. The van der Waals surface area contributed by atoms with Gasteiger partial charge in [-0.25, -0.2) is 4.98 Å². The Balaban J connectivity index is 1.82. The van der Waals surface area contributed by atoms with Gasteiger partial charge in [0.15, 0.2) is 0 Å². The molecule has 0 bridgehead atoms. The predicted molar refractivity (Wildman–Crippen MR) is 105 cm³/mol. The van der Waals surface area contributed by atoms with Crippen LogP contribution in [0.2, 0.25) is 5.02 Å². The van der Waals surface area contributed by atoms with Crippen molar-refractivity contribution in [3.63, 3.8) is 0 Å². The summed E-state index contributed by atoms with van der Waals surface area (Å²) in [6.45, 7) is 1.70. The van der Waals surface area contributed by atoms with E-state index in [1.54, 1.807) is 30.5 Å². The number of aromatic nitrogens is 4. The number of aromatic amines is 1. The third kappa shape index (κ3) is 3.13. The average molecular weight is 381 g/mol. The number of aliphatic hydroxyl groups excluding tert-OH is 1. The van der Waals surface area contributed by atoms with Gasteiger partial charge in [0.1, 0.15) is 0 Å². The number of fused-ring (bicyclic) bond motifs is 1. The van der Waals surface area contributed by atoms with Crippen molar-refractivity contribution in [2.75, 3.05) is 6.61 Å². The second kappa shape index (κ2) is 6.98. The van der Waals surface area contributed by atoms with Crippen LogP contribution in [-0.2, 0) is 0 Å². The summed E-state index contributed by atoms with van der Waals surface area (Å²) in [7, 11) is 0. The molecular weight excluding hydrogens is 364 g/mol. The zero-order valence-corrected chi connectivity index (χ0v) is 15.3. The molecule has 6 nitrogen and oxygen atoms in total. The van der Waals surface area contributed by atoms with E-state index in [1.165, 1.54) is 10.9 Å². The van der Waals surface area contributed by atoms with Crippen molar-refractivity contribution in [1.29, 1.82) is 0 Å². The van der Waals surface area contributed by atoms with Gasteiger partial charge in [-0.05, 0) is 42.3 Å². The van der Waals surface area contributed by atoms with Crippen LogP contribution in [0.3, 0.4) is 0 Å². The normalized spacial score (nSPS) is 12.4. The van der Waals surface area contributed by atoms with Gasteiger partial charge in [-0.1, -0.05) is 29.8 Å². The maximum absolute atomic E-state index is 13.0. The number of benzene rings is 2. The molecule has 136 valence electrons. The fourth-order valence-corrected chi connectivity index (χ4v) is 3.43. The second-order valence-electron chi connectivity index (χ2n) is 6.35. The van der Waals surface area contributed by atoms with E-state index in [4.69, 9.17) is 11.6 Å². The molecule has 0 amide bonds. The minimum Gasteiger partial charge on any atom is -0.394 e. The maximum atomic E-state index is 13.0. The highest BCUT2D eigenvalue weighted by atomic mass is 35.5. The summed E-state index contributed by atoms with van der Waals surface area (Å²) in [4.78, 5) is 17.5. The van der Waals surface area contributed by atoms with E-state index in [2.05, 4.69) is 15.2 Å². The number of nitrogens with one attached hydrogen (secondary N) is 1. The van der Waals surface area contributed by atoms with Crippen molar-refractivity contribution in [3.05, 3.63) is 81.6 Å². The van der Waals surface area contributed by atoms with Crippen molar-refractivity contribution >= 4 is 22.5 Å². The molecule has 2 aromatic carbocycles. The third-order valence-corrected chi connectivity index (χ3v) is 4.90. The number of hydrogen-bond acceptors (Lipinski definition) is 4. The summed E-state index contributed by atoms with van der Waals surface area (Å²) < 4.78 is 1.44. The van der Waals surface area contributed by atoms with Gasteiger partial charge in [0, 0.05) is 16.3 Å². The van der Waals surface area contributed by atoms with Gasteiger partial charge < -0.3 is 5.11 Å². The van der Waals surface area contributed by atoms with E-state index in [1.807, 2.05) is 25.1 Å². The molecular formula is C20H17ClN4O2. The molecule has 7 heteroatoms. The second-order valence-corrected chi connectivity index (χ2v) is 6.79. The van der Waals surface area contributed by atoms with Crippen LogP contribution in [-0.4, -0.2) is 31.5 Å². The van der Waals surface area contributed by atoms with E-state index in [0.29, 0.717) is 15.9 Å². The van der Waals surface area contributed by atoms with Crippen molar-refractivity contribution in [3.8, 4) is 11.1 Å². The first-order valence-electron chi connectivity index (χ1n) is 8.46. The van der Waals surface area contributed by atoms with E-state index in [-0.39, 0.29) is 12.2 Å². The molecule has 2 N–H and O–H groups in total. The Labute approximate surface area is 160 Å². The molecule has 0 spiro atoms. The molecule has 27 heavy (non-hydrogen) atoms. The lowest BCUT2D eigenvalue weighted by Crippen LogP contribution is -2.28. The van der Waals surface area contributed by atoms with Gasteiger partial charge >= 0.3 is 0 Å². The van der Waals surface area contributed by atoms with Gasteiger partial charge in [-0.15, -0.1) is 0 Å². The molecule has 1 unspecified atom stereocenters. The molecule has 0 saturated carbocycles. The summed E-state index contributed by atoms with van der Waals surface area (Å²) in [5.74, 6) is 0. The first-order chi connectivity index (χ1) is 13.1. The van der Waals surface area contributed by atoms with E-state index in [0.717, 1.165) is 22.4 Å². The number of aryl methyl sites for hydroxylation is 1. The van der Waals surface area contributed by atoms with E-state index >= 15 is 0 Å².